The Balaban J connectivity index is 1.86. The SMILES string of the molecule is CCOc1cc(Br)c(Br)c(/C=C2\SC(=O)N(CC(=O)N3CCCC3)C2=O)c1O. The Hall–Kier alpha value is -1.52. The van der Waals surface area contributed by atoms with Gasteiger partial charge in [-0.05, 0) is 75.5 Å². The molecule has 1 aromatic carbocycles. The number of carbonyl (C=O) groups is 3. The number of phenols is 1. The molecule has 0 aromatic heterocycles. The van der Waals surface area contributed by atoms with Gasteiger partial charge in [0.15, 0.2) is 11.5 Å². The molecule has 3 amide bonds. The summed E-state index contributed by atoms with van der Waals surface area (Å²) in [6.07, 6.45) is 3.30. The van der Waals surface area contributed by atoms with Crippen molar-refractivity contribution < 1.29 is 24.2 Å². The number of amides is 3. The number of halogens is 2. The summed E-state index contributed by atoms with van der Waals surface area (Å²) >= 11 is 7.49. The minimum Gasteiger partial charge on any atom is -0.504 e. The van der Waals surface area contributed by atoms with Crippen molar-refractivity contribution in [3.8, 4) is 11.5 Å². The summed E-state index contributed by atoms with van der Waals surface area (Å²) in [4.78, 5) is 40.0. The first kappa shape index (κ1) is 21.2. The zero-order chi connectivity index (χ0) is 20.4. The second-order valence-corrected chi connectivity index (χ2v) is 8.86. The molecule has 7 nitrogen and oxygen atoms in total. The van der Waals surface area contributed by atoms with Gasteiger partial charge < -0.3 is 14.7 Å². The van der Waals surface area contributed by atoms with Gasteiger partial charge in [-0.1, -0.05) is 0 Å². The van der Waals surface area contributed by atoms with Gasteiger partial charge in [0.05, 0.1) is 11.5 Å². The number of nitrogens with zero attached hydrogens (tertiary/aromatic N) is 2. The molecule has 2 saturated heterocycles. The predicted molar refractivity (Wildman–Crippen MR) is 113 cm³/mol. The topological polar surface area (TPSA) is 87.2 Å². The monoisotopic (exact) mass is 532 g/mol. The largest absolute Gasteiger partial charge is 0.504 e. The first-order valence-corrected chi connectivity index (χ1v) is 11.1. The van der Waals surface area contributed by atoms with Gasteiger partial charge in [0.25, 0.3) is 11.1 Å². The minimum atomic E-state index is -0.549. The molecule has 2 fully saturated rings. The van der Waals surface area contributed by atoms with Crippen molar-refractivity contribution in [1.82, 2.24) is 9.80 Å². The molecule has 3 rings (SSSR count). The summed E-state index contributed by atoms with van der Waals surface area (Å²) in [5.41, 5.74) is 0.314. The Morgan fingerprint density at radius 1 is 1.32 bits per heavy atom. The van der Waals surface area contributed by atoms with Crippen LogP contribution < -0.4 is 4.74 Å². The van der Waals surface area contributed by atoms with Crippen LogP contribution in [0, 0.1) is 0 Å². The van der Waals surface area contributed by atoms with Gasteiger partial charge in [-0.3, -0.25) is 19.3 Å². The lowest BCUT2D eigenvalue weighted by Gasteiger charge is -2.18. The molecule has 2 aliphatic rings. The minimum absolute atomic E-state index is 0.135. The van der Waals surface area contributed by atoms with Crippen LogP contribution in [0.5, 0.6) is 11.5 Å². The number of hydrogen-bond donors (Lipinski definition) is 1. The lowest BCUT2D eigenvalue weighted by Crippen LogP contribution is -2.40. The lowest BCUT2D eigenvalue weighted by molar-refractivity contribution is -0.135. The third-order valence-electron chi connectivity index (χ3n) is 4.39. The lowest BCUT2D eigenvalue weighted by atomic mass is 10.1. The van der Waals surface area contributed by atoms with E-state index in [4.69, 9.17) is 4.74 Å². The zero-order valence-corrected chi connectivity index (χ0v) is 19.0. The first-order chi connectivity index (χ1) is 13.3. The van der Waals surface area contributed by atoms with E-state index in [1.165, 1.54) is 6.08 Å². The molecule has 0 spiro atoms. The van der Waals surface area contributed by atoms with Gasteiger partial charge in [0.1, 0.15) is 6.54 Å². The van der Waals surface area contributed by atoms with Gasteiger partial charge in [-0.2, -0.15) is 0 Å². The summed E-state index contributed by atoms with van der Waals surface area (Å²) in [5, 5.41) is 9.99. The molecule has 0 radical (unpaired) electrons. The van der Waals surface area contributed by atoms with Gasteiger partial charge >= 0.3 is 0 Å². The highest BCUT2D eigenvalue weighted by molar-refractivity contribution is 9.13. The first-order valence-electron chi connectivity index (χ1n) is 8.70. The number of rotatable bonds is 5. The van der Waals surface area contributed by atoms with E-state index in [2.05, 4.69) is 31.9 Å². The van der Waals surface area contributed by atoms with E-state index in [1.807, 2.05) is 0 Å². The highest BCUT2D eigenvalue weighted by Gasteiger charge is 2.37. The fourth-order valence-electron chi connectivity index (χ4n) is 2.98. The van der Waals surface area contributed by atoms with Crippen molar-refractivity contribution in [1.29, 1.82) is 0 Å². The summed E-state index contributed by atoms with van der Waals surface area (Å²) in [7, 11) is 0. The molecule has 0 aliphatic carbocycles. The molecule has 28 heavy (non-hydrogen) atoms. The number of likely N-dealkylation sites (tertiary alicyclic amines) is 1. The second-order valence-electron chi connectivity index (χ2n) is 6.22. The number of aromatic hydroxyl groups is 1. The van der Waals surface area contributed by atoms with Crippen LogP contribution in [-0.2, 0) is 9.59 Å². The number of thioether (sulfide) groups is 1. The second kappa shape index (κ2) is 8.87. The summed E-state index contributed by atoms with van der Waals surface area (Å²) < 4.78 is 6.56. The molecule has 10 heteroatoms. The molecular weight excluding hydrogens is 516 g/mol. The summed E-state index contributed by atoms with van der Waals surface area (Å²) in [6.45, 7) is 3.19. The Morgan fingerprint density at radius 3 is 2.64 bits per heavy atom. The van der Waals surface area contributed by atoms with Crippen LogP contribution in [0.25, 0.3) is 6.08 Å². The van der Waals surface area contributed by atoms with Gasteiger partial charge in [-0.25, -0.2) is 0 Å². The Kier molecular flexibility index (Phi) is 6.72. The zero-order valence-electron chi connectivity index (χ0n) is 15.0. The van der Waals surface area contributed by atoms with Gasteiger partial charge in [-0.15, -0.1) is 0 Å². The predicted octanol–water partition coefficient (Wildman–Crippen LogP) is 3.97. The third-order valence-corrected chi connectivity index (χ3v) is 7.31. The smallest absolute Gasteiger partial charge is 0.294 e. The summed E-state index contributed by atoms with van der Waals surface area (Å²) in [5.74, 6) is -0.665. The molecule has 2 heterocycles. The number of benzene rings is 1. The maximum absolute atomic E-state index is 12.7. The number of carbonyl (C=O) groups excluding carboxylic acids is 3. The molecule has 0 atom stereocenters. The Bertz CT molecular complexity index is 868. The maximum atomic E-state index is 12.7. The fourth-order valence-corrected chi connectivity index (χ4v) is 4.64. The quantitative estimate of drug-likeness (QED) is 0.576. The molecule has 1 N–H and O–H groups in total. The average Bonchev–Trinajstić information content (AvgIpc) is 3.28. The van der Waals surface area contributed by atoms with Gasteiger partial charge in [0.2, 0.25) is 5.91 Å². The molecular formula is C18H18Br2N2O5S. The van der Waals surface area contributed by atoms with E-state index < -0.39 is 11.1 Å². The van der Waals surface area contributed by atoms with Crippen molar-refractivity contribution in [2.75, 3.05) is 26.2 Å². The van der Waals surface area contributed by atoms with Gasteiger partial charge in [0, 0.05) is 27.6 Å². The van der Waals surface area contributed by atoms with Crippen LogP contribution in [0.2, 0.25) is 0 Å². The van der Waals surface area contributed by atoms with Crippen molar-refractivity contribution in [2.45, 2.75) is 19.8 Å². The third kappa shape index (κ3) is 4.23. The summed E-state index contributed by atoms with van der Waals surface area (Å²) in [6, 6.07) is 1.61. The van der Waals surface area contributed by atoms with E-state index in [0.717, 1.165) is 29.5 Å². The van der Waals surface area contributed by atoms with E-state index in [1.54, 1.807) is 17.9 Å². The Morgan fingerprint density at radius 2 is 2.00 bits per heavy atom. The number of phenolic OH excluding ortho intramolecular Hbond substituents is 1. The Labute approximate surface area is 183 Å². The highest BCUT2D eigenvalue weighted by atomic mass is 79.9. The number of ether oxygens (including phenoxy) is 1. The maximum Gasteiger partial charge on any atom is 0.294 e. The van der Waals surface area contributed by atoms with Crippen LogP contribution in [0.15, 0.2) is 19.9 Å². The van der Waals surface area contributed by atoms with Crippen LogP contribution in [0.4, 0.5) is 4.79 Å². The molecule has 1 aromatic rings. The van der Waals surface area contributed by atoms with Crippen LogP contribution in [0.3, 0.4) is 0 Å². The molecule has 0 saturated carbocycles. The van der Waals surface area contributed by atoms with E-state index in [9.17, 15) is 19.5 Å². The molecule has 2 aliphatic heterocycles. The van der Waals surface area contributed by atoms with Crippen molar-refractivity contribution >= 4 is 66.8 Å². The fraction of sp³-hybridized carbons (Fsp3) is 0.389. The normalized spacial score (nSPS) is 18.5. The van der Waals surface area contributed by atoms with E-state index in [-0.39, 0.29) is 28.9 Å². The van der Waals surface area contributed by atoms with E-state index >= 15 is 0 Å². The van der Waals surface area contributed by atoms with Crippen LogP contribution >= 0.6 is 43.6 Å². The number of hydrogen-bond acceptors (Lipinski definition) is 6. The van der Waals surface area contributed by atoms with Crippen LogP contribution in [0.1, 0.15) is 25.3 Å². The molecule has 0 unspecified atom stereocenters. The molecule has 150 valence electrons. The van der Waals surface area contributed by atoms with Crippen molar-refractivity contribution in [3.63, 3.8) is 0 Å². The van der Waals surface area contributed by atoms with Crippen molar-refractivity contribution in [2.24, 2.45) is 0 Å². The van der Waals surface area contributed by atoms with Crippen LogP contribution in [-0.4, -0.2) is 58.2 Å². The average molecular weight is 534 g/mol. The van der Waals surface area contributed by atoms with E-state index in [0.29, 0.717) is 34.2 Å². The highest BCUT2D eigenvalue weighted by Crippen LogP contribution is 2.43. The molecule has 0 bridgehead atoms. The van der Waals surface area contributed by atoms with Crippen molar-refractivity contribution in [3.05, 3.63) is 25.5 Å². The standard InChI is InChI=1S/C18H18Br2N2O5S/c1-2-27-12-8-11(19)15(20)10(16(12)24)7-13-17(25)22(18(26)28-13)9-14(23)21-5-3-4-6-21/h7-8,24H,2-6,9H2,1H3/b13-7-. The number of imide groups is 1.